The van der Waals surface area contributed by atoms with Gasteiger partial charge in [-0.15, -0.1) is 0 Å². The van der Waals surface area contributed by atoms with Gasteiger partial charge in [-0.25, -0.2) is 9.82 Å². The summed E-state index contributed by atoms with van der Waals surface area (Å²) < 4.78 is 19.3. The molecule has 0 heterocycles. The van der Waals surface area contributed by atoms with Gasteiger partial charge in [-0.3, -0.25) is 5.84 Å². The molecule has 6 heteroatoms. The van der Waals surface area contributed by atoms with Crippen molar-refractivity contribution in [2.75, 3.05) is 7.11 Å². The van der Waals surface area contributed by atoms with Crippen molar-refractivity contribution in [3.8, 4) is 5.75 Å². The minimum Gasteiger partial charge on any atom is -0.494 e. The summed E-state index contributed by atoms with van der Waals surface area (Å²) in [5.74, 6) is 5.21. The van der Waals surface area contributed by atoms with E-state index >= 15 is 0 Å². The van der Waals surface area contributed by atoms with E-state index in [9.17, 15) is 4.39 Å². The lowest BCUT2D eigenvalue weighted by molar-refractivity contribution is 0.381. The van der Waals surface area contributed by atoms with Crippen molar-refractivity contribution in [1.82, 2.24) is 5.43 Å². The van der Waals surface area contributed by atoms with E-state index in [2.05, 4.69) is 5.43 Å². The fourth-order valence-electron chi connectivity index (χ4n) is 1.99. The Morgan fingerprint density at radius 2 is 1.95 bits per heavy atom. The van der Waals surface area contributed by atoms with E-state index in [0.29, 0.717) is 21.2 Å². The molecule has 0 aliphatic carbocycles. The van der Waals surface area contributed by atoms with Crippen LogP contribution in [-0.4, -0.2) is 7.11 Å². The molecule has 106 valence electrons. The first-order valence-electron chi connectivity index (χ1n) is 5.82. The molecule has 0 saturated heterocycles. The molecule has 20 heavy (non-hydrogen) atoms. The molecule has 2 aromatic carbocycles. The molecule has 0 saturated carbocycles. The monoisotopic (exact) mass is 314 g/mol. The van der Waals surface area contributed by atoms with Gasteiger partial charge in [-0.2, -0.15) is 0 Å². The van der Waals surface area contributed by atoms with Crippen molar-refractivity contribution in [2.45, 2.75) is 6.04 Å². The quantitative estimate of drug-likeness (QED) is 0.668. The minimum atomic E-state index is -0.628. The van der Waals surface area contributed by atoms with Gasteiger partial charge in [0, 0.05) is 15.6 Å². The summed E-state index contributed by atoms with van der Waals surface area (Å²) in [6.45, 7) is 0. The van der Waals surface area contributed by atoms with E-state index in [4.69, 9.17) is 33.8 Å². The number of hydrogen-bond acceptors (Lipinski definition) is 3. The molecule has 0 bridgehead atoms. The van der Waals surface area contributed by atoms with Crippen LogP contribution in [0.2, 0.25) is 10.0 Å². The summed E-state index contributed by atoms with van der Waals surface area (Å²) in [5.41, 5.74) is 3.48. The van der Waals surface area contributed by atoms with Crippen molar-refractivity contribution in [3.63, 3.8) is 0 Å². The first-order chi connectivity index (χ1) is 9.58. The normalized spacial score (nSPS) is 12.2. The predicted octanol–water partition coefficient (Wildman–Crippen LogP) is 3.69. The first-order valence-corrected chi connectivity index (χ1v) is 6.57. The Hall–Kier alpha value is -1.33. The number of hydrazine groups is 1. The van der Waals surface area contributed by atoms with Gasteiger partial charge in [0.15, 0.2) is 11.6 Å². The van der Waals surface area contributed by atoms with Crippen LogP contribution in [-0.2, 0) is 0 Å². The lowest BCUT2D eigenvalue weighted by Crippen LogP contribution is -2.29. The number of ether oxygens (including phenoxy) is 1. The first kappa shape index (κ1) is 15.1. The van der Waals surface area contributed by atoms with Crippen molar-refractivity contribution < 1.29 is 9.13 Å². The number of hydrogen-bond donors (Lipinski definition) is 2. The highest BCUT2D eigenvalue weighted by Gasteiger charge is 2.21. The molecule has 2 rings (SSSR count). The van der Waals surface area contributed by atoms with Crippen LogP contribution in [0.1, 0.15) is 17.2 Å². The number of nitrogens with two attached hydrogens (primary N) is 1. The van der Waals surface area contributed by atoms with Gasteiger partial charge in [-0.1, -0.05) is 35.3 Å². The zero-order valence-corrected chi connectivity index (χ0v) is 12.2. The smallest absolute Gasteiger partial charge is 0.170 e. The summed E-state index contributed by atoms with van der Waals surface area (Å²) >= 11 is 12.1. The van der Waals surface area contributed by atoms with E-state index < -0.39 is 11.9 Å². The van der Waals surface area contributed by atoms with Crippen LogP contribution in [0.4, 0.5) is 4.39 Å². The maximum absolute atomic E-state index is 14.3. The van der Waals surface area contributed by atoms with Gasteiger partial charge in [0.2, 0.25) is 0 Å². The molecular formula is C14H13Cl2FN2O. The topological polar surface area (TPSA) is 47.3 Å². The Balaban J connectivity index is 2.55. The molecule has 1 unspecified atom stereocenters. The average Bonchev–Trinajstić information content (AvgIpc) is 2.45. The Kier molecular flexibility index (Phi) is 4.83. The van der Waals surface area contributed by atoms with Crippen LogP contribution in [0.25, 0.3) is 0 Å². The van der Waals surface area contributed by atoms with Crippen molar-refractivity contribution in [1.29, 1.82) is 0 Å². The fourth-order valence-corrected chi connectivity index (χ4v) is 2.40. The Morgan fingerprint density at radius 1 is 1.20 bits per heavy atom. The molecule has 0 aromatic heterocycles. The molecule has 2 aromatic rings. The maximum atomic E-state index is 14.3. The number of nitrogens with one attached hydrogen (secondary N) is 1. The van der Waals surface area contributed by atoms with Crippen LogP contribution in [0.5, 0.6) is 5.75 Å². The van der Waals surface area contributed by atoms with Crippen molar-refractivity contribution >= 4 is 23.2 Å². The fraction of sp³-hybridized carbons (Fsp3) is 0.143. The number of rotatable bonds is 4. The average molecular weight is 315 g/mol. The standard InChI is InChI=1S/C14H13Cl2FN2O/c1-20-12-4-2-3-9(13(12)17)14(19-18)10-7-8(15)5-6-11(10)16/h2-7,14,19H,18H2,1H3. The third kappa shape index (κ3) is 2.88. The van der Waals surface area contributed by atoms with Gasteiger partial charge < -0.3 is 4.74 Å². The Morgan fingerprint density at radius 3 is 2.60 bits per heavy atom. The van der Waals surface area contributed by atoms with Crippen LogP contribution in [0.3, 0.4) is 0 Å². The van der Waals surface area contributed by atoms with Gasteiger partial charge in [-0.05, 0) is 29.8 Å². The number of halogens is 3. The molecule has 0 fully saturated rings. The molecular weight excluding hydrogens is 302 g/mol. The van der Waals surface area contributed by atoms with Crippen LogP contribution in [0.15, 0.2) is 36.4 Å². The molecule has 1 atom stereocenters. The summed E-state index contributed by atoms with van der Waals surface area (Å²) in [4.78, 5) is 0. The van der Waals surface area contributed by atoms with E-state index in [1.165, 1.54) is 13.2 Å². The van der Waals surface area contributed by atoms with Crippen LogP contribution < -0.4 is 16.0 Å². The summed E-state index contributed by atoms with van der Waals surface area (Å²) in [7, 11) is 1.40. The highest BCUT2D eigenvalue weighted by molar-refractivity contribution is 6.33. The summed E-state index contributed by atoms with van der Waals surface area (Å²) in [6, 6.07) is 9.14. The van der Waals surface area contributed by atoms with Crippen molar-refractivity contribution in [3.05, 3.63) is 63.4 Å². The highest BCUT2D eigenvalue weighted by Crippen LogP contribution is 2.33. The second-order valence-corrected chi connectivity index (χ2v) is 4.97. The van der Waals surface area contributed by atoms with Gasteiger partial charge >= 0.3 is 0 Å². The highest BCUT2D eigenvalue weighted by atomic mass is 35.5. The van der Waals surface area contributed by atoms with Crippen LogP contribution in [0, 0.1) is 5.82 Å². The molecule has 3 N–H and O–H groups in total. The zero-order chi connectivity index (χ0) is 14.7. The van der Waals surface area contributed by atoms with E-state index in [-0.39, 0.29) is 5.75 Å². The largest absolute Gasteiger partial charge is 0.494 e. The van der Waals surface area contributed by atoms with Crippen LogP contribution >= 0.6 is 23.2 Å². The Bertz CT molecular complexity index is 622. The lowest BCUT2D eigenvalue weighted by Gasteiger charge is -2.20. The van der Waals surface area contributed by atoms with E-state index in [1.807, 2.05) is 0 Å². The van der Waals surface area contributed by atoms with Gasteiger partial charge in [0.1, 0.15) is 0 Å². The summed E-state index contributed by atoms with van der Waals surface area (Å²) in [6.07, 6.45) is 0. The molecule has 0 amide bonds. The minimum absolute atomic E-state index is 0.140. The zero-order valence-electron chi connectivity index (χ0n) is 10.7. The predicted molar refractivity (Wildman–Crippen MR) is 78.6 cm³/mol. The summed E-state index contributed by atoms with van der Waals surface area (Å²) in [5, 5.41) is 0.938. The molecule has 0 aliphatic heterocycles. The second kappa shape index (κ2) is 6.41. The third-order valence-corrected chi connectivity index (χ3v) is 3.54. The third-order valence-electron chi connectivity index (χ3n) is 2.96. The van der Waals surface area contributed by atoms with E-state index in [0.717, 1.165) is 0 Å². The Labute approximate surface area is 126 Å². The van der Waals surface area contributed by atoms with Gasteiger partial charge in [0.25, 0.3) is 0 Å². The second-order valence-electron chi connectivity index (χ2n) is 4.13. The maximum Gasteiger partial charge on any atom is 0.170 e. The lowest BCUT2D eigenvalue weighted by atomic mass is 9.98. The molecule has 0 aliphatic rings. The van der Waals surface area contributed by atoms with Crippen molar-refractivity contribution in [2.24, 2.45) is 5.84 Å². The van der Waals surface area contributed by atoms with Gasteiger partial charge in [0.05, 0.1) is 13.2 Å². The number of methoxy groups -OCH3 is 1. The molecule has 3 nitrogen and oxygen atoms in total. The van der Waals surface area contributed by atoms with E-state index in [1.54, 1.807) is 30.3 Å². The number of benzene rings is 2. The SMILES string of the molecule is COc1cccc(C(NN)c2cc(Cl)ccc2Cl)c1F. The molecule has 0 spiro atoms. The molecule has 0 radical (unpaired) electrons.